The van der Waals surface area contributed by atoms with Gasteiger partial charge in [-0.25, -0.2) is 0 Å². The predicted octanol–water partition coefficient (Wildman–Crippen LogP) is 6.60. The van der Waals surface area contributed by atoms with Crippen molar-refractivity contribution in [1.29, 1.82) is 0 Å². The lowest BCUT2D eigenvalue weighted by atomic mass is 9.50. The van der Waals surface area contributed by atoms with Crippen LogP contribution in [0.15, 0.2) is 35.9 Å². The van der Waals surface area contributed by atoms with Crippen LogP contribution in [0.5, 0.6) is 0 Å². The first-order valence-electron chi connectivity index (χ1n) is 14.2. The van der Waals surface area contributed by atoms with Gasteiger partial charge in [-0.15, -0.1) is 0 Å². The van der Waals surface area contributed by atoms with E-state index in [4.69, 9.17) is 11.6 Å². The molecule has 35 heavy (non-hydrogen) atoms. The van der Waals surface area contributed by atoms with Crippen molar-refractivity contribution in [3.63, 3.8) is 0 Å². The number of carbonyl (C=O) groups excluding carboxylic acids is 1. The SMILES string of the molecule is CC1C2CCC3C4CC=C5CC(N(C)C(=O)Cc6ccc(Cl)cc6)CCC5C4CCC32[C@H](C)N1C. The number of nitrogens with zero attached hydrogens (tertiary/aromatic N) is 2. The molecule has 3 nitrogen and oxygen atoms in total. The lowest BCUT2D eigenvalue weighted by molar-refractivity contribution is -0.131. The molecule has 1 aromatic carbocycles. The fourth-order valence-electron chi connectivity index (χ4n) is 9.99. The maximum atomic E-state index is 13.1. The van der Waals surface area contributed by atoms with E-state index in [1.165, 1.54) is 38.5 Å². The van der Waals surface area contributed by atoms with Crippen molar-refractivity contribution in [3.05, 3.63) is 46.5 Å². The Kier molecular flexibility index (Phi) is 6.12. The number of rotatable bonds is 3. The first kappa shape index (κ1) is 24.0. The van der Waals surface area contributed by atoms with Crippen molar-refractivity contribution in [3.8, 4) is 0 Å². The summed E-state index contributed by atoms with van der Waals surface area (Å²) in [6.45, 7) is 5.04. The van der Waals surface area contributed by atoms with E-state index in [2.05, 4.69) is 31.9 Å². The summed E-state index contributed by atoms with van der Waals surface area (Å²) in [5.41, 5.74) is 3.31. The first-order chi connectivity index (χ1) is 16.8. The van der Waals surface area contributed by atoms with Crippen molar-refractivity contribution >= 4 is 17.5 Å². The van der Waals surface area contributed by atoms with Gasteiger partial charge in [0.15, 0.2) is 0 Å². The molecule has 4 aliphatic carbocycles. The summed E-state index contributed by atoms with van der Waals surface area (Å²) in [6.07, 6.45) is 13.7. The van der Waals surface area contributed by atoms with E-state index in [0.29, 0.717) is 17.9 Å². The highest BCUT2D eigenvalue weighted by Crippen LogP contribution is 2.68. The van der Waals surface area contributed by atoms with Gasteiger partial charge in [0, 0.05) is 30.2 Å². The van der Waals surface area contributed by atoms with Crippen molar-refractivity contribution < 1.29 is 4.79 Å². The molecule has 1 aliphatic heterocycles. The summed E-state index contributed by atoms with van der Waals surface area (Å²) in [4.78, 5) is 17.8. The number of likely N-dealkylation sites (N-methyl/N-ethyl adjacent to an activating group) is 1. The third-order valence-corrected chi connectivity index (χ3v) is 12.1. The Morgan fingerprint density at radius 1 is 1.06 bits per heavy atom. The molecule has 4 heteroatoms. The number of halogens is 1. The lowest BCUT2D eigenvalue weighted by Crippen LogP contribution is -2.51. The van der Waals surface area contributed by atoms with E-state index in [1.54, 1.807) is 5.57 Å². The summed E-state index contributed by atoms with van der Waals surface area (Å²) in [7, 11) is 4.41. The third-order valence-electron chi connectivity index (χ3n) is 11.9. The molecule has 4 fully saturated rings. The molecule has 3 saturated carbocycles. The zero-order valence-corrected chi connectivity index (χ0v) is 22.8. The number of fused-ring (bicyclic) bond motifs is 4. The molecule has 8 unspecified atom stereocenters. The molecule has 9 atom stereocenters. The van der Waals surface area contributed by atoms with Gasteiger partial charge in [0.2, 0.25) is 5.91 Å². The highest BCUT2D eigenvalue weighted by Gasteiger charge is 2.65. The van der Waals surface area contributed by atoms with Crippen molar-refractivity contribution in [2.75, 3.05) is 14.1 Å². The Morgan fingerprint density at radius 3 is 2.57 bits per heavy atom. The van der Waals surface area contributed by atoms with E-state index in [0.717, 1.165) is 65.1 Å². The average Bonchev–Trinajstić information content (AvgIpc) is 3.35. The predicted molar refractivity (Wildman–Crippen MR) is 143 cm³/mol. The minimum Gasteiger partial charge on any atom is -0.342 e. The fraction of sp³-hybridized carbons (Fsp3) is 0.710. The molecular formula is C31H43ClN2O. The molecule has 190 valence electrons. The van der Waals surface area contributed by atoms with Crippen molar-refractivity contribution in [1.82, 2.24) is 9.80 Å². The van der Waals surface area contributed by atoms with Gasteiger partial charge >= 0.3 is 0 Å². The maximum Gasteiger partial charge on any atom is 0.226 e. The van der Waals surface area contributed by atoms with E-state index in [-0.39, 0.29) is 5.91 Å². The largest absolute Gasteiger partial charge is 0.342 e. The topological polar surface area (TPSA) is 23.6 Å². The van der Waals surface area contributed by atoms with E-state index >= 15 is 0 Å². The standard InChI is InChI=1S/C31H43ClN2O/c1-19-28-13-14-29-27-11-7-22-18-24(34(4)30(35)17-21-5-8-23(32)9-6-21)10-12-25(22)26(27)15-16-31(28,29)20(2)33(19)3/h5-9,19-20,24-29H,10-18H2,1-4H3/t19?,20-,24?,25?,26?,27?,28?,29?,31?/m0/s1. The fourth-order valence-corrected chi connectivity index (χ4v) is 10.1. The quantitative estimate of drug-likeness (QED) is 0.442. The van der Waals surface area contributed by atoms with Crippen LogP contribution in [0.25, 0.3) is 0 Å². The van der Waals surface area contributed by atoms with E-state index in [9.17, 15) is 4.79 Å². The normalized spacial score (nSPS) is 42.5. The van der Waals surface area contributed by atoms with Gasteiger partial charge in [-0.1, -0.05) is 35.4 Å². The zero-order valence-electron chi connectivity index (χ0n) is 22.1. The Hall–Kier alpha value is -1.32. The highest BCUT2D eigenvalue weighted by molar-refractivity contribution is 6.30. The molecule has 1 spiro atoms. The van der Waals surface area contributed by atoms with Crippen molar-refractivity contribution in [2.24, 2.45) is 35.0 Å². The number of benzene rings is 1. The minimum absolute atomic E-state index is 0.232. The number of allylic oxidation sites excluding steroid dienone is 1. The lowest BCUT2D eigenvalue weighted by Gasteiger charge is -2.55. The summed E-state index contributed by atoms with van der Waals surface area (Å²) in [6, 6.07) is 9.54. The van der Waals surface area contributed by atoms with Crippen LogP contribution < -0.4 is 0 Å². The smallest absolute Gasteiger partial charge is 0.226 e. The second-order valence-electron chi connectivity index (χ2n) is 12.7. The monoisotopic (exact) mass is 494 g/mol. The van der Waals surface area contributed by atoms with Crippen molar-refractivity contribution in [2.45, 2.75) is 89.8 Å². The number of hydrogen-bond acceptors (Lipinski definition) is 2. The van der Waals surface area contributed by atoms with Crippen LogP contribution in [0.2, 0.25) is 5.02 Å². The summed E-state index contributed by atoms with van der Waals surface area (Å²) >= 11 is 6.02. The van der Waals surface area contributed by atoms with Crippen LogP contribution in [0.1, 0.15) is 70.8 Å². The molecule has 1 heterocycles. The Morgan fingerprint density at radius 2 is 1.80 bits per heavy atom. The molecule has 0 bridgehead atoms. The Bertz CT molecular complexity index is 1000. The van der Waals surface area contributed by atoms with Gasteiger partial charge in [0.25, 0.3) is 0 Å². The number of likely N-dealkylation sites (tertiary alicyclic amines) is 1. The molecule has 0 N–H and O–H groups in total. The van der Waals surface area contributed by atoms with Gasteiger partial charge in [-0.05, 0) is 125 Å². The van der Waals surface area contributed by atoms with Gasteiger partial charge in [-0.3, -0.25) is 4.79 Å². The van der Waals surface area contributed by atoms with E-state index < -0.39 is 0 Å². The van der Waals surface area contributed by atoms with Crippen LogP contribution in [-0.2, 0) is 11.2 Å². The minimum atomic E-state index is 0.232. The number of carbonyl (C=O) groups is 1. The maximum absolute atomic E-state index is 13.1. The molecule has 0 aromatic heterocycles. The molecule has 6 rings (SSSR count). The molecular weight excluding hydrogens is 452 g/mol. The zero-order chi connectivity index (χ0) is 24.5. The van der Waals surface area contributed by atoms with Gasteiger partial charge in [0.1, 0.15) is 0 Å². The molecule has 1 aromatic rings. The summed E-state index contributed by atoms with van der Waals surface area (Å²) < 4.78 is 0. The number of hydrogen-bond donors (Lipinski definition) is 0. The molecule has 5 aliphatic rings. The number of amides is 1. The molecule has 1 amide bonds. The van der Waals surface area contributed by atoms with Crippen LogP contribution in [0.4, 0.5) is 0 Å². The summed E-state index contributed by atoms with van der Waals surface area (Å²) in [5.74, 6) is 4.61. The van der Waals surface area contributed by atoms with Crippen LogP contribution in [0, 0.1) is 35.0 Å². The van der Waals surface area contributed by atoms with Crippen LogP contribution >= 0.6 is 11.6 Å². The van der Waals surface area contributed by atoms with Gasteiger partial charge in [-0.2, -0.15) is 0 Å². The third kappa shape index (κ3) is 3.66. The molecule has 1 saturated heterocycles. The van der Waals surface area contributed by atoms with Gasteiger partial charge in [0.05, 0.1) is 6.42 Å². The second-order valence-corrected chi connectivity index (χ2v) is 13.2. The second kappa shape index (κ2) is 8.91. The average molecular weight is 495 g/mol. The summed E-state index contributed by atoms with van der Waals surface area (Å²) in [5, 5.41) is 0.723. The Balaban J connectivity index is 1.15. The Labute approximate surface area is 217 Å². The van der Waals surface area contributed by atoms with Gasteiger partial charge < -0.3 is 9.80 Å². The highest BCUT2D eigenvalue weighted by atomic mass is 35.5. The molecule has 0 radical (unpaired) electrons. The first-order valence-corrected chi connectivity index (χ1v) is 14.6. The van der Waals surface area contributed by atoms with Crippen LogP contribution in [0.3, 0.4) is 0 Å². The van der Waals surface area contributed by atoms with Crippen LogP contribution in [-0.4, -0.2) is 47.9 Å². The van der Waals surface area contributed by atoms with E-state index in [1.807, 2.05) is 36.2 Å².